The predicted octanol–water partition coefficient (Wildman–Crippen LogP) is 4.10. The van der Waals surface area contributed by atoms with Crippen LogP contribution in [-0.2, 0) is 20.9 Å². The summed E-state index contributed by atoms with van der Waals surface area (Å²) in [5.74, 6) is 0.518. The first kappa shape index (κ1) is 36.8. The molecular formula is C42H43F2N13O3. The molecule has 60 heavy (non-hydrogen) atoms. The number of halogens is 2. The number of benzene rings is 1. The van der Waals surface area contributed by atoms with Gasteiger partial charge in [-0.3, -0.25) is 14.6 Å². The maximum atomic E-state index is 15.5. The van der Waals surface area contributed by atoms with Gasteiger partial charge in [0, 0.05) is 58.1 Å². The van der Waals surface area contributed by atoms with E-state index < -0.39 is 29.8 Å². The van der Waals surface area contributed by atoms with Crippen LogP contribution in [0.15, 0.2) is 54.9 Å². The molecule has 5 aromatic heterocycles. The predicted molar refractivity (Wildman–Crippen MR) is 218 cm³/mol. The molecular weight excluding hydrogens is 773 g/mol. The van der Waals surface area contributed by atoms with Gasteiger partial charge in [0.25, 0.3) is 0 Å². The molecule has 18 heteroatoms. The number of rotatable bonds is 5. The van der Waals surface area contributed by atoms with Crippen LogP contribution in [0.1, 0.15) is 37.9 Å². The normalized spacial score (nSPS) is 24.4. The molecule has 1 aliphatic carbocycles. The van der Waals surface area contributed by atoms with Crippen molar-refractivity contribution >= 4 is 51.5 Å². The lowest BCUT2D eigenvalue weighted by molar-refractivity contribution is -0.134. The summed E-state index contributed by atoms with van der Waals surface area (Å²) in [6.45, 7) is 3.54. The Kier molecular flexibility index (Phi) is 8.51. The molecule has 4 fully saturated rings. The fraction of sp³-hybridized carbons (Fsp3) is 0.429. The third kappa shape index (κ3) is 5.93. The zero-order valence-corrected chi connectivity index (χ0v) is 33.4. The third-order valence-corrected chi connectivity index (χ3v) is 12.9. The Labute approximate surface area is 343 Å². The number of methoxy groups -OCH3 is 1. The van der Waals surface area contributed by atoms with Crippen molar-refractivity contribution in [1.82, 2.24) is 49.1 Å². The van der Waals surface area contributed by atoms with E-state index in [1.807, 2.05) is 45.9 Å². The van der Waals surface area contributed by atoms with E-state index in [1.54, 1.807) is 31.5 Å². The molecule has 4 aliphatic heterocycles. The summed E-state index contributed by atoms with van der Waals surface area (Å²) in [6, 6.07) is 9.78. The van der Waals surface area contributed by atoms with Crippen molar-refractivity contribution in [1.29, 1.82) is 0 Å². The van der Waals surface area contributed by atoms with Crippen molar-refractivity contribution in [3.8, 4) is 17.1 Å². The van der Waals surface area contributed by atoms with E-state index in [1.165, 1.54) is 16.8 Å². The molecule has 5 atom stereocenters. The Morgan fingerprint density at radius 3 is 2.53 bits per heavy atom. The molecule has 6 bridgehead atoms. The van der Waals surface area contributed by atoms with Gasteiger partial charge in [0.05, 0.1) is 47.0 Å². The van der Waals surface area contributed by atoms with Gasteiger partial charge in [-0.2, -0.15) is 15.1 Å². The number of hydrogen-bond acceptors (Lipinski definition) is 12. The summed E-state index contributed by atoms with van der Waals surface area (Å²) in [5.41, 5.74) is 3.27. The molecule has 5 aliphatic rings. The molecule has 11 rings (SSSR count). The monoisotopic (exact) mass is 815 g/mol. The first-order valence-corrected chi connectivity index (χ1v) is 20.5. The molecule has 16 nitrogen and oxygen atoms in total. The SMILES string of the molecule is CO[C@H]1CN(C)C(=O)[C@@H]2C[C@@H](CN2c2nc(N3[C@H]4CC[C@@H]3C(=O)N(C3CC3)C4)nc3c2cnn3-c2ccc(F)cc2F)Nc2cccc(n2)-c2nccc3nc(C)n(c23)C1. The second-order valence-corrected chi connectivity index (χ2v) is 16.6. The maximum Gasteiger partial charge on any atom is 0.245 e. The fourth-order valence-electron chi connectivity index (χ4n) is 9.81. The molecule has 0 radical (unpaired) electrons. The number of ether oxygens (including phenoxy) is 1. The summed E-state index contributed by atoms with van der Waals surface area (Å²) in [5, 5.41) is 8.67. The van der Waals surface area contributed by atoms with Gasteiger partial charge < -0.3 is 34.2 Å². The number of nitrogens with one attached hydrogen (secondary N) is 1. The number of likely N-dealkylation sites (N-methyl/N-ethyl adjacent to an activating group) is 1. The van der Waals surface area contributed by atoms with Gasteiger partial charge >= 0.3 is 0 Å². The lowest BCUT2D eigenvalue weighted by atomic mass is 10.1. The fourth-order valence-corrected chi connectivity index (χ4v) is 9.81. The number of likely N-dealkylation sites (tertiary alicyclic amines) is 1. The Morgan fingerprint density at radius 1 is 0.867 bits per heavy atom. The Morgan fingerprint density at radius 2 is 1.72 bits per heavy atom. The van der Waals surface area contributed by atoms with Gasteiger partial charge in [-0.05, 0) is 69.4 Å². The van der Waals surface area contributed by atoms with Crippen molar-refractivity contribution in [3.63, 3.8) is 0 Å². The second-order valence-electron chi connectivity index (χ2n) is 16.6. The molecule has 6 aromatic rings. The zero-order chi connectivity index (χ0) is 41.0. The van der Waals surface area contributed by atoms with E-state index in [0.29, 0.717) is 66.8 Å². The number of anilines is 3. The van der Waals surface area contributed by atoms with Crippen LogP contribution in [0.25, 0.3) is 39.1 Å². The van der Waals surface area contributed by atoms with E-state index in [-0.39, 0.29) is 47.8 Å². The zero-order valence-electron chi connectivity index (χ0n) is 33.4. The summed E-state index contributed by atoms with van der Waals surface area (Å²) in [4.78, 5) is 61.4. The van der Waals surface area contributed by atoms with Crippen LogP contribution in [0.2, 0.25) is 0 Å². The highest BCUT2D eigenvalue weighted by Gasteiger charge is 2.51. The average molecular weight is 816 g/mol. The first-order valence-electron chi connectivity index (χ1n) is 20.5. The van der Waals surface area contributed by atoms with Crippen LogP contribution in [0.4, 0.5) is 26.4 Å². The van der Waals surface area contributed by atoms with E-state index in [4.69, 9.17) is 29.7 Å². The standard InChI is InChI=1S/C42H43F2N13O3/c1-22-47-31-13-14-45-36-30-5-4-6-35(49-30)48-24-16-34(40(58)52(2)20-27(60-3)21-53(22)37(31)36)55(18-24)38-28-17-46-57(32-11-7-23(43)15-29(32)44)39(28)51-42(50-38)56-26-10-12-33(56)41(59)54(19-26)25-8-9-25/h4-7,11,13-15,17,24-27,33-34H,8-10,12,16,18-21H2,1-3H3,(H,48,49)/t24-,26-,27-,33+,34-/m0/s1. The van der Waals surface area contributed by atoms with E-state index in [2.05, 4.69) is 15.0 Å². The smallest absolute Gasteiger partial charge is 0.245 e. The highest BCUT2D eigenvalue weighted by molar-refractivity contribution is 5.95. The number of pyridine rings is 2. The first-order chi connectivity index (χ1) is 29.1. The molecule has 9 heterocycles. The number of carbonyl (C=O) groups excluding carboxylic acids is 2. The summed E-state index contributed by atoms with van der Waals surface area (Å²) >= 11 is 0. The lowest BCUT2D eigenvalue weighted by Crippen LogP contribution is -2.58. The van der Waals surface area contributed by atoms with Crippen molar-refractivity contribution in [2.24, 2.45) is 0 Å². The van der Waals surface area contributed by atoms with E-state index in [9.17, 15) is 14.0 Å². The Hall–Kier alpha value is -6.30. The molecule has 0 unspecified atom stereocenters. The van der Waals surface area contributed by atoms with Gasteiger partial charge in [-0.1, -0.05) is 6.07 Å². The maximum absolute atomic E-state index is 15.5. The van der Waals surface area contributed by atoms with E-state index in [0.717, 1.165) is 42.2 Å². The van der Waals surface area contributed by atoms with Crippen molar-refractivity contribution in [2.75, 3.05) is 48.9 Å². The van der Waals surface area contributed by atoms with Gasteiger partial charge in [-0.25, -0.2) is 23.4 Å². The number of carbonyl (C=O) groups is 2. The van der Waals surface area contributed by atoms with Crippen molar-refractivity contribution < 1.29 is 23.1 Å². The second kappa shape index (κ2) is 13.9. The Bertz CT molecular complexity index is 2720. The molecule has 1 aromatic carbocycles. The minimum Gasteiger partial charge on any atom is -0.378 e. The van der Waals surface area contributed by atoms with E-state index >= 15 is 4.39 Å². The van der Waals surface area contributed by atoms with Crippen molar-refractivity contribution in [3.05, 3.63) is 72.3 Å². The number of amides is 2. The summed E-state index contributed by atoms with van der Waals surface area (Å²) < 4.78 is 39.1. The van der Waals surface area contributed by atoms with Crippen LogP contribution < -0.4 is 15.1 Å². The number of aromatic nitrogens is 8. The largest absolute Gasteiger partial charge is 0.378 e. The highest BCUT2D eigenvalue weighted by atomic mass is 19.1. The molecule has 2 amide bonds. The Balaban J connectivity index is 1.04. The number of fused-ring (bicyclic) bond motifs is 8. The molecule has 1 N–H and O–H groups in total. The molecule has 0 spiro atoms. The average Bonchev–Trinajstić information content (AvgIpc) is 3.54. The summed E-state index contributed by atoms with van der Waals surface area (Å²) in [7, 11) is 3.42. The quantitative estimate of drug-likeness (QED) is 0.267. The van der Waals surface area contributed by atoms with Gasteiger partial charge in [-0.15, -0.1) is 0 Å². The third-order valence-electron chi connectivity index (χ3n) is 12.9. The van der Waals surface area contributed by atoms with Gasteiger partial charge in [0.15, 0.2) is 11.5 Å². The van der Waals surface area contributed by atoms with Crippen LogP contribution in [0.3, 0.4) is 0 Å². The topological polar surface area (TPSA) is 156 Å². The van der Waals surface area contributed by atoms with Crippen LogP contribution >= 0.6 is 0 Å². The number of imidazole rings is 1. The number of nitrogens with zero attached hydrogens (tertiary/aromatic N) is 12. The molecule has 308 valence electrons. The molecule has 3 saturated heterocycles. The number of piperazine rings is 1. The number of hydrogen-bond donors (Lipinski definition) is 1. The van der Waals surface area contributed by atoms with Crippen LogP contribution in [0, 0.1) is 18.6 Å². The minimum absolute atomic E-state index is 0.00685. The minimum atomic E-state index is -0.810. The van der Waals surface area contributed by atoms with Crippen molar-refractivity contribution in [2.45, 2.75) is 81.9 Å². The lowest BCUT2D eigenvalue weighted by Gasteiger charge is -2.41. The van der Waals surface area contributed by atoms with Crippen LogP contribution in [0.5, 0.6) is 0 Å². The van der Waals surface area contributed by atoms with Gasteiger partial charge in [0.1, 0.15) is 46.7 Å². The highest BCUT2D eigenvalue weighted by Crippen LogP contribution is 2.41. The number of aryl methyl sites for hydroxylation is 1. The van der Waals surface area contributed by atoms with Crippen LogP contribution in [-0.4, -0.2) is 131 Å². The molecule has 1 saturated carbocycles. The van der Waals surface area contributed by atoms with Gasteiger partial charge in [0.2, 0.25) is 17.8 Å². The summed E-state index contributed by atoms with van der Waals surface area (Å²) in [6.07, 6.45) is 6.77.